The molecule has 2 unspecified atom stereocenters. The van der Waals surface area contributed by atoms with Gasteiger partial charge in [-0.1, -0.05) is 13.3 Å². The predicted molar refractivity (Wildman–Crippen MR) is 66.8 cm³/mol. The van der Waals surface area contributed by atoms with Crippen LogP contribution >= 0.6 is 0 Å². The quantitative estimate of drug-likeness (QED) is 0.772. The van der Waals surface area contributed by atoms with Gasteiger partial charge in [0.2, 0.25) is 5.91 Å². The highest BCUT2D eigenvalue weighted by Crippen LogP contribution is 2.32. The van der Waals surface area contributed by atoms with Crippen molar-refractivity contribution in [3.05, 3.63) is 0 Å². The van der Waals surface area contributed by atoms with Crippen molar-refractivity contribution in [2.24, 2.45) is 5.41 Å². The molecule has 4 nitrogen and oxygen atoms in total. The molecule has 0 aromatic rings. The summed E-state index contributed by atoms with van der Waals surface area (Å²) >= 11 is 0. The van der Waals surface area contributed by atoms with Crippen molar-refractivity contribution in [1.82, 2.24) is 10.6 Å². The van der Waals surface area contributed by atoms with Gasteiger partial charge < -0.3 is 15.4 Å². The molecule has 98 valence electrons. The lowest BCUT2D eigenvalue weighted by molar-refractivity contribution is -0.132. The Morgan fingerprint density at radius 2 is 2.29 bits per heavy atom. The second-order valence-corrected chi connectivity index (χ2v) is 5.77. The highest BCUT2D eigenvalue weighted by molar-refractivity contribution is 5.84. The van der Waals surface area contributed by atoms with Crippen molar-refractivity contribution in [3.8, 4) is 0 Å². The summed E-state index contributed by atoms with van der Waals surface area (Å²) in [5.74, 6) is 0.220. The van der Waals surface area contributed by atoms with E-state index in [1.807, 2.05) is 0 Å². The second-order valence-electron chi connectivity index (χ2n) is 5.77. The Morgan fingerprint density at radius 1 is 1.47 bits per heavy atom. The van der Waals surface area contributed by atoms with Crippen LogP contribution in [0.25, 0.3) is 0 Å². The van der Waals surface area contributed by atoms with Gasteiger partial charge in [0.1, 0.15) is 0 Å². The fourth-order valence-electron chi connectivity index (χ4n) is 2.92. The summed E-state index contributed by atoms with van der Waals surface area (Å²) in [6.45, 7) is 7.42. The maximum atomic E-state index is 12.5. The molecule has 2 saturated heterocycles. The first-order valence-electron chi connectivity index (χ1n) is 6.71. The van der Waals surface area contributed by atoms with Gasteiger partial charge in [0.05, 0.1) is 17.6 Å². The first-order chi connectivity index (χ1) is 8.10. The minimum atomic E-state index is -0.180. The van der Waals surface area contributed by atoms with E-state index in [2.05, 4.69) is 24.5 Å². The zero-order valence-corrected chi connectivity index (χ0v) is 11.0. The third kappa shape index (κ3) is 2.63. The number of amides is 1. The molecule has 1 amide bonds. The molecule has 2 N–H and O–H groups in total. The Morgan fingerprint density at radius 3 is 2.82 bits per heavy atom. The minimum Gasteiger partial charge on any atom is -0.379 e. The monoisotopic (exact) mass is 240 g/mol. The van der Waals surface area contributed by atoms with Crippen LogP contribution in [0.5, 0.6) is 0 Å². The van der Waals surface area contributed by atoms with Gasteiger partial charge >= 0.3 is 0 Å². The summed E-state index contributed by atoms with van der Waals surface area (Å²) in [6.07, 6.45) is 3.92. The van der Waals surface area contributed by atoms with E-state index in [1.54, 1.807) is 0 Å². The van der Waals surface area contributed by atoms with Crippen molar-refractivity contribution < 1.29 is 9.53 Å². The summed E-state index contributed by atoms with van der Waals surface area (Å²) in [6, 6.07) is 0. The van der Waals surface area contributed by atoms with Gasteiger partial charge in [-0.05, 0) is 32.7 Å². The molecule has 2 aliphatic rings. The van der Waals surface area contributed by atoms with E-state index in [0.29, 0.717) is 6.61 Å². The van der Waals surface area contributed by atoms with Crippen LogP contribution in [-0.2, 0) is 9.53 Å². The summed E-state index contributed by atoms with van der Waals surface area (Å²) in [5.41, 5.74) is -0.333. The maximum absolute atomic E-state index is 12.5. The van der Waals surface area contributed by atoms with Crippen LogP contribution in [-0.4, -0.2) is 37.7 Å². The summed E-state index contributed by atoms with van der Waals surface area (Å²) in [7, 11) is 0. The molecule has 0 radical (unpaired) electrons. The lowest BCUT2D eigenvalue weighted by atomic mass is 9.80. The zero-order chi connectivity index (χ0) is 12.4. The normalized spacial score (nSPS) is 37.3. The molecule has 0 bridgehead atoms. The summed E-state index contributed by atoms with van der Waals surface area (Å²) in [5, 5.41) is 6.54. The van der Waals surface area contributed by atoms with Crippen LogP contribution in [0.3, 0.4) is 0 Å². The molecule has 0 saturated carbocycles. The molecule has 2 aliphatic heterocycles. The average molecular weight is 240 g/mol. The Kier molecular flexibility index (Phi) is 3.73. The molecule has 0 spiro atoms. The molecule has 2 atom stereocenters. The SMILES string of the molecule is CCCC1(C(=O)NC2(C)CCOC2)CCNC1. The average Bonchev–Trinajstić information content (AvgIpc) is 2.89. The molecule has 2 heterocycles. The molecule has 4 heteroatoms. The van der Waals surface area contributed by atoms with Gasteiger partial charge in [-0.25, -0.2) is 0 Å². The van der Waals surface area contributed by atoms with Crippen LogP contribution in [0.2, 0.25) is 0 Å². The topological polar surface area (TPSA) is 50.4 Å². The first-order valence-corrected chi connectivity index (χ1v) is 6.71. The number of carbonyl (C=O) groups is 1. The number of nitrogens with one attached hydrogen (secondary N) is 2. The Balaban J connectivity index is 2.01. The van der Waals surface area contributed by atoms with Gasteiger partial charge in [-0.15, -0.1) is 0 Å². The number of hydrogen-bond donors (Lipinski definition) is 2. The number of carbonyl (C=O) groups excluding carboxylic acids is 1. The van der Waals surface area contributed by atoms with Crippen molar-refractivity contribution in [1.29, 1.82) is 0 Å². The van der Waals surface area contributed by atoms with E-state index in [4.69, 9.17) is 4.74 Å². The van der Waals surface area contributed by atoms with E-state index in [-0.39, 0.29) is 16.9 Å². The predicted octanol–water partition coefficient (Wildman–Crippen LogP) is 1.06. The van der Waals surface area contributed by atoms with E-state index in [0.717, 1.165) is 45.4 Å². The van der Waals surface area contributed by atoms with Crippen molar-refractivity contribution >= 4 is 5.91 Å². The minimum absolute atomic E-state index is 0.152. The Labute approximate surface area is 103 Å². The molecule has 2 fully saturated rings. The standard InChI is InChI=1S/C13H24N2O2/c1-3-4-13(5-7-14-9-13)11(16)15-12(2)6-8-17-10-12/h14H,3-10H2,1-2H3,(H,15,16). The largest absolute Gasteiger partial charge is 0.379 e. The third-order valence-corrected chi connectivity index (χ3v) is 4.09. The molecule has 0 aliphatic carbocycles. The van der Waals surface area contributed by atoms with Crippen molar-refractivity contribution in [2.75, 3.05) is 26.3 Å². The summed E-state index contributed by atoms with van der Waals surface area (Å²) < 4.78 is 5.39. The fraction of sp³-hybridized carbons (Fsp3) is 0.923. The van der Waals surface area contributed by atoms with Gasteiger partial charge in [0.15, 0.2) is 0 Å². The number of hydrogen-bond acceptors (Lipinski definition) is 3. The van der Waals surface area contributed by atoms with E-state index >= 15 is 0 Å². The molecule has 0 aromatic carbocycles. The van der Waals surface area contributed by atoms with Crippen LogP contribution in [0.4, 0.5) is 0 Å². The molecule has 0 aromatic heterocycles. The van der Waals surface area contributed by atoms with Gasteiger partial charge in [-0.2, -0.15) is 0 Å². The van der Waals surface area contributed by atoms with Gasteiger partial charge in [0.25, 0.3) is 0 Å². The van der Waals surface area contributed by atoms with E-state index in [1.165, 1.54) is 0 Å². The lowest BCUT2D eigenvalue weighted by Crippen LogP contribution is -2.53. The van der Waals surface area contributed by atoms with Crippen LogP contribution in [0.1, 0.15) is 39.5 Å². The van der Waals surface area contributed by atoms with Crippen molar-refractivity contribution in [2.45, 2.75) is 45.1 Å². The highest BCUT2D eigenvalue weighted by atomic mass is 16.5. The molecule has 17 heavy (non-hydrogen) atoms. The van der Waals surface area contributed by atoms with Crippen molar-refractivity contribution in [3.63, 3.8) is 0 Å². The smallest absolute Gasteiger partial charge is 0.228 e. The van der Waals surface area contributed by atoms with Gasteiger partial charge in [0, 0.05) is 13.2 Å². The van der Waals surface area contributed by atoms with Crippen LogP contribution in [0.15, 0.2) is 0 Å². The van der Waals surface area contributed by atoms with E-state index < -0.39 is 0 Å². The lowest BCUT2D eigenvalue weighted by Gasteiger charge is -2.32. The maximum Gasteiger partial charge on any atom is 0.228 e. The first kappa shape index (κ1) is 12.8. The van der Waals surface area contributed by atoms with Crippen LogP contribution in [0, 0.1) is 5.41 Å². The summed E-state index contributed by atoms with van der Waals surface area (Å²) in [4.78, 5) is 12.5. The number of rotatable bonds is 4. The Bertz CT molecular complexity index is 279. The second kappa shape index (κ2) is 4.94. The highest BCUT2D eigenvalue weighted by Gasteiger charge is 2.43. The molecular weight excluding hydrogens is 216 g/mol. The Hall–Kier alpha value is -0.610. The molecule has 2 rings (SSSR count). The van der Waals surface area contributed by atoms with E-state index in [9.17, 15) is 4.79 Å². The van der Waals surface area contributed by atoms with Crippen LogP contribution < -0.4 is 10.6 Å². The fourth-order valence-corrected chi connectivity index (χ4v) is 2.92. The zero-order valence-electron chi connectivity index (χ0n) is 11.0. The molecular formula is C13H24N2O2. The van der Waals surface area contributed by atoms with Gasteiger partial charge in [-0.3, -0.25) is 4.79 Å². The third-order valence-electron chi connectivity index (χ3n) is 4.09. The number of ether oxygens (including phenoxy) is 1.